The maximum absolute atomic E-state index is 13.1. The summed E-state index contributed by atoms with van der Waals surface area (Å²) in [6.45, 7) is 5.56. The summed E-state index contributed by atoms with van der Waals surface area (Å²) in [5, 5.41) is 3.82. The van der Waals surface area contributed by atoms with Gasteiger partial charge in [0.25, 0.3) is 5.92 Å². The van der Waals surface area contributed by atoms with E-state index in [1.165, 1.54) is 0 Å². The van der Waals surface area contributed by atoms with Crippen molar-refractivity contribution in [1.82, 2.24) is 15.1 Å². The molecule has 9 heteroatoms. The largest absolute Gasteiger partial charge is 0.491 e. The minimum atomic E-state index is -2.58. The predicted octanol–water partition coefficient (Wildman–Crippen LogP) is 2.49. The lowest BCUT2D eigenvalue weighted by Gasteiger charge is -2.38. The van der Waals surface area contributed by atoms with Gasteiger partial charge in [0, 0.05) is 48.5 Å². The Morgan fingerprint density at radius 3 is 2.67 bits per heavy atom. The van der Waals surface area contributed by atoms with Gasteiger partial charge in [0.15, 0.2) is 0 Å². The number of aryl methyl sites for hydroxylation is 1. The molecule has 166 valence electrons. The van der Waals surface area contributed by atoms with E-state index in [1.54, 1.807) is 11.0 Å². The number of nitrogens with zero attached hydrogens (tertiary/aromatic N) is 3. The molecular weight excluding hydrogens is 412 g/mol. The zero-order valence-electron chi connectivity index (χ0n) is 17.9. The lowest BCUT2D eigenvalue weighted by atomic mass is 9.96. The van der Waals surface area contributed by atoms with Crippen LogP contribution in [0.2, 0.25) is 5.02 Å². The van der Waals surface area contributed by atoms with E-state index in [-0.39, 0.29) is 19.7 Å². The first-order valence-corrected chi connectivity index (χ1v) is 10.4. The normalized spacial score (nSPS) is 21.0. The van der Waals surface area contributed by atoms with Crippen LogP contribution in [0.4, 0.5) is 8.78 Å². The summed E-state index contributed by atoms with van der Waals surface area (Å²) in [4.78, 5) is 8.60. The van der Waals surface area contributed by atoms with E-state index in [9.17, 15) is 8.78 Å². The summed E-state index contributed by atoms with van der Waals surface area (Å²) in [6.07, 6.45) is -0.400. The molecule has 1 atom stereocenters. The summed E-state index contributed by atoms with van der Waals surface area (Å²) in [7, 11) is 3.94. The molecule has 1 unspecified atom stereocenters. The molecule has 0 aromatic heterocycles. The molecule has 30 heavy (non-hydrogen) atoms. The Morgan fingerprint density at radius 1 is 1.37 bits per heavy atom. The van der Waals surface area contributed by atoms with Crippen LogP contribution >= 0.6 is 11.6 Å². The molecule has 1 aromatic carbocycles. The first-order chi connectivity index (χ1) is 14.1. The fourth-order valence-electron chi connectivity index (χ4n) is 3.91. The van der Waals surface area contributed by atoms with E-state index < -0.39 is 12.1 Å². The van der Waals surface area contributed by atoms with Crippen molar-refractivity contribution in [3.05, 3.63) is 39.6 Å². The predicted molar refractivity (Wildman–Crippen MR) is 117 cm³/mol. The van der Waals surface area contributed by atoms with Crippen LogP contribution in [0.1, 0.15) is 18.1 Å². The summed E-state index contributed by atoms with van der Waals surface area (Å²) in [5.41, 5.74) is 10.7. The molecule has 2 aliphatic rings. The highest BCUT2D eigenvalue weighted by Crippen LogP contribution is 2.32. The molecule has 3 rings (SSSR count). The first kappa shape index (κ1) is 22.9. The molecule has 2 heterocycles. The Kier molecular flexibility index (Phi) is 7.02. The molecule has 0 spiro atoms. The first-order valence-electron chi connectivity index (χ1n) is 10.0. The topological polar surface area (TPSA) is 66.1 Å². The number of ether oxygens (including phenoxy) is 1. The van der Waals surface area contributed by atoms with Crippen LogP contribution in [-0.4, -0.2) is 81.0 Å². The van der Waals surface area contributed by atoms with Gasteiger partial charge in [-0.15, -0.1) is 0 Å². The van der Waals surface area contributed by atoms with Gasteiger partial charge in [0.2, 0.25) is 0 Å². The average molecular weight is 442 g/mol. The second kappa shape index (κ2) is 9.18. The van der Waals surface area contributed by atoms with Crippen LogP contribution in [-0.2, 0) is 0 Å². The second-order valence-electron chi connectivity index (χ2n) is 8.11. The monoisotopic (exact) mass is 441 g/mol. The van der Waals surface area contributed by atoms with E-state index in [0.29, 0.717) is 17.3 Å². The molecule has 0 radical (unpaired) electrons. The number of alkyl halides is 2. The summed E-state index contributed by atoms with van der Waals surface area (Å²) >= 11 is 6.30. The molecule has 1 fully saturated rings. The number of nitrogens with one attached hydrogen (secondary N) is 1. The van der Waals surface area contributed by atoms with Gasteiger partial charge in [-0.25, -0.2) is 8.78 Å². The Labute approximate surface area is 181 Å². The Bertz CT molecular complexity index is 848. The van der Waals surface area contributed by atoms with Crippen LogP contribution in [0, 0.1) is 6.92 Å². The highest BCUT2D eigenvalue weighted by atomic mass is 35.5. The minimum absolute atomic E-state index is 0.222. The molecule has 0 bridgehead atoms. The van der Waals surface area contributed by atoms with Gasteiger partial charge >= 0.3 is 0 Å². The minimum Gasteiger partial charge on any atom is -0.491 e. The SMILES string of the molecule is CNC1=C(/C(=N\C(C)N)c2c(C)cc(Cl)cc2OCCN2CC(F)(F)C2)CN(C)C1. The zero-order valence-corrected chi connectivity index (χ0v) is 18.7. The third kappa shape index (κ3) is 5.29. The van der Waals surface area contributed by atoms with Gasteiger partial charge in [-0.05, 0) is 38.6 Å². The van der Waals surface area contributed by atoms with Crippen molar-refractivity contribution < 1.29 is 13.5 Å². The van der Waals surface area contributed by atoms with Crippen LogP contribution in [0.5, 0.6) is 5.75 Å². The molecule has 1 aromatic rings. The van der Waals surface area contributed by atoms with E-state index in [1.807, 2.05) is 34.0 Å². The van der Waals surface area contributed by atoms with Crippen molar-refractivity contribution in [2.45, 2.75) is 25.9 Å². The standard InChI is InChI=1S/C21H30ClF2N5O/c1-13-7-15(22)8-18(30-6-5-29-11-21(23,24)12-29)19(13)20(27-14(2)25)16-9-28(4)10-17(16)26-3/h7-8,14,26H,5-6,9-12,25H2,1-4H3/b27-20+. The highest BCUT2D eigenvalue weighted by molar-refractivity contribution is 6.31. The van der Waals surface area contributed by atoms with Crippen molar-refractivity contribution in [1.29, 1.82) is 0 Å². The molecule has 0 aliphatic carbocycles. The summed E-state index contributed by atoms with van der Waals surface area (Å²) < 4.78 is 32.2. The maximum atomic E-state index is 13.1. The number of likely N-dealkylation sites (tertiary alicyclic amines) is 1. The molecule has 3 N–H and O–H groups in total. The number of nitrogens with two attached hydrogens (primary N) is 1. The number of halogens is 3. The number of likely N-dealkylation sites (N-methyl/N-ethyl adjacent to an activating group) is 2. The van der Waals surface area contributed by atoms with Gasteiger partial charge in [0.05, 0.1) is 25.0 Å². The number of hydrogen-bond donors (Lipinski definition) is 2. The van der Waals surface area contributed by atoms with Gasteiger partial charge in [-0.1, -0.05) is 11.6 Å². The summed E-state index contributed by atoms with van der Waals surface area (Å²) in [5.74, 6) is -2.00. The van der Waals surface area contributed by atoms with Crippen molar-refractivity contribution >= 4 is 17.3 Å². The number of hydrogen-bond acceptors (Lipinski definition) is 6. The molecule has 2 aliphatic heterocycles. The maximum Gasteiger partial charge on any atom is 0.272 e. The van der Waals surface area contributed by atoms with Crippen LogP contribution < -0.4 is 15.8 Å². The molecule has 0 amide bonds. The third-order valence-electron chi connectivity index (χ3n) is 5.22. The zero-order chi connectivity index (χ0) is 22.1. The Hall–Kier alpha value is -1.74. The van der Waals surface area contributed by atoms with Crippen LogP contribution in [0.15, 0.2) is 28.4 Å². The fraction of sp³-hybridized carbons (Fsp3) is 0.571. The van der Waals surface area contributed by atoms with Gasteiger partial charge in [-0.3, -0.25) is 14.8 Å². The molecular formula is C21H30ClF2N5O. The van der Waals surface area contributed by atoms with E-state index in [2.05, 4.69) is 10.2 Å². The van der Waals surface area contributed by atoms with Crippen LogP contribution in [0.25, 0.3) is 0 Å². The second-order valence-corrected chi connectivity index (χ2v) is 8.55. The van der Waals surface area contributed by atoms with Crippen molar-refractivity contribution in [2.24, 2.45) is 10.7 Å². The summed E-state index contributed by atoms with van der Waals surface area (Å²) in [6, 6.07) is 3.62. The van der Waals surface area contributed by atoms with Crippen molar-refractivity contribution in [3.63, 3.8) is 0 Å². The number of aliphatic imine (C=N–C) groups is 1. The molecule has 0 saturated carbocycles. The number of benzene rings is 1. The van der Waals surface area contributed by atoms with Crippen LogP contribution in [0.3, 0.4) is 0 Å². The lowest BCUT2D eigenvalue weighted by molar-refractivity contribution is -0.132. The third-order valence-corrected chi connectivity index (χ3v) is 5.43. The quantitative estimate of drug-likeness (QED) is 0.607. The average Bonchev–Trinajstić information content (AvgIpc) is 2.99. The van der Waals surface area contributed by atoms with E-state index in [4.69, 9.17) is 27.1 Å². The van der Waals surface area contributed by atoms with E-state index in [0.717, 1.165) is 41.2 Å². The van der Waals surface area contributed by atoms with Gasteiger partial charge in [0.1, 0.15) is 12.4 Å². The highest BCUT2D eigenvalue weighted by Gasteiger charge is 2.43. The smallest absolute Gasteiger partial charge is 0.272 e. The Balaban J connectivity index is 1.91. The van der Waals surface area contributed by atoms with Gasteiger partial charge < -0.3 is 15.8 Å². The van der Waals surface area contributed by atoms with Crippen molar-refractivity contribution in [3.8, 4) is 5.75 Å². The van der Waals surface area contributed by atoms with E-state index >= 15 is 0 Å². The van der Waals surface area contributed by atoms with Crippen molar-refractivity contribution in [2.75, 3.05) is 53.4 Å². The molecule has 1 saturated heterocycles. The fourth-order valence-corrected chi connectivity index (χ4v) is 4.17. The Morgan fingerprint density at radius 2 is 2.07 bits per heavy atom. The lowest BCUT2D eigenvalue weighted by Crippen LogP contribution is -2.57. The molecule has 6 nitrogen and oxygen atoms in total. The number of rotatable bonds is 8. The van der Waals surface area contributed by atoms with Gasteiger partial charge in [-0.2, -0.15) is 0 Å².